The molecule has 0 aliphatic carbocycles. The van der Waals surface area contributed by atoms with E-state index >= 15 is 0 Å². The van der Waals surface area contributed by atoms with Crippen molar-refractivity contribution in [3.8, 4) is 0 Å². The van der Waals surface area contributed by atoms with Gasteiger partial charge in [0.1, 0.15) is 5.69 Å². The fourth-order valence-corrected chi connectivity index (χ4v) is 1.91. The molecule has 1 heterocycles. The molecule has 1 aromatic heterocycles. The Labute approximate surface area is 119 Å². The molecular formula is C13H13BrN4O. The summed E-state index contributed by atoms with van der Waals surface area (Å²) in [6, 6.07) is 8.95. The van der Waals surface area contributed by atoms with Gasteiger partial charge in [0.15, 0.2) is 0 Å². The van der Waals surface area contributed by atoms with Gasteiger partial charge in [-0.1, -0.05) is 12.1 Å². The van der Waals surface area contributed by atoms with Gasteiger partial charge in [0.2, 0.25) is 0 Å². The summed E-state index contributed by atoms with van der Waals surface area (Å²) in [5.74, 6) is 4.97. The maximum Gasteiger partial charge on any atom is 0.274 e. The van der Waals surface area contributed by atoms with Crippen LogP contribution in [0.15, 0.2) is 41.0 Å². The zero-order valence-corrected chi connectivity index (χ0v) is 11.9. The second-order valence-electron chi connectivity index (χ2n) is 3.97. The van der Waals surface area contributed by atoms with Crippen LogP contribution in [0.2, 0.25) is 0 Å². The number of hydrogen-bond donors (Lipinski definition) is 3. The lowest BCUT2D eigenvalue weighted by Gasteiger charge is -2.09. The average molecular weight is 321 g/mol. The van der Waals surface area contributed by atoms with Crippen molar-refractivity contribution in [1.29, 1.82) is 0 Å². The summed E-state index contributed by atoms with van der Waals surface area (Å²) in [6.45, 7) is 1.96. The third-order valence-electron chi connectivity index (χ3n) is 2.60. The Bertz CT molecular complexity index is 598. The van der Waals surface area contributed by atoms with Gasteiger partial charge < -0.3 is 10.7 Å². The SMILES string of the molecule is Cc1cccc(NC(=O)c2ccc(NN)cn2)c1Br. The lowest BCUT2D eigenvalue weighted by Crippen LogP contribution is -2.15. The molecule has 0 fully saturated rings. The summed E-state index contributed by atoms with van der Waals surface area (Å²) in [6.07, 6.45) is 1.50. The number of nitrogens with two attached hydrogens (primary N) is 1. The summed E-state index contributed by atoms with van der Waals surface area (Å²) in [5.41, 5.74) is 5.20. The largest absolute Gasteiger partial charge is 0.323 e. The first-order valence-corrected chi connectivity index (χ1v) is 6.40. The van der Waals surface area contributed by atoms with E-state index in [9.17, 15) is 4.79 Å². The van der Waals surface area contributed by atoms with Crippen LogP contribution in [0.3, 0.4) is 0 Å². The van der Waals surface area contributed by atoms with Crippen LogP contribution < -0.4 is 16.6 Å². The van der Waals surface area contributed by atoms with Crippen molar-refractivity contribution >= 4 is 33.2 Å². The predicted octanol–water partition coefficient (Wildman–Crippen LogP) is 2.69. The number of hydrazine groups is 1. The van der Waals surface area contributed by atoms with Crippen molar-refractivity contribution in [1.82, 2.24) is 4.98 Å². The number of halogens is 1. The van der Waals surface area contributed by atoms with Gasteiger partial charge in [-0.05, 0) is 46.6 Å². The first-order chi connectivity index (χ1) is 9.11. The van der Waals surface area contributed by atoms with Gasteiger partial charge in [0.05, 0.1) is 17.6 Å². The number of aryl methyl sites for hydroxylation is 1. The summed E-state index contributed by atoms with van der Waals surface area (Å²) in [5, 5.41) is 2.80. The van der Waals surface area contributed by atoms with Crippen LogP contribution in [0.25, 0.3) is 0 Å². The van der Waals surface area contributed by atoms with Crippen molar-refractivity contribution in [2.24, 2.45) is 5.84 Å². The number of amides is 1. The Morgan fingerprint density at radius 1 is 1.32 bits per heavy atom. The van der Waals surface area contributed by atoms with Gasteiger partial charge in [0.25, 0.3) is 5.91 Å². The van der Waals surface area contributed by atoms with E-state index in [4.69, 9.17) is 5.84 Å². The van der Waals surface area contributed by atoms with Gasteiger partial charge >= 0.3 is 0 Å². The molecule has 98 valence electrons. The number of carbonyl (C=O) groups is 1. The minimum absolute atomic E-state index is 0.269. The average Bonchev–Trinajstić information content (AvgIpc) is 2.44. The number of carbonyl (C=O) groups excluding carboxylic acids is 1. The molecule has 0 radical (unpaired) electrons. The second kappa shape index (κ2) is 5.81. The molecule has 0 unspecified atom stereocenters. The molecule has 1 aromatic carbocycles. The van der Waals surface area contributed by atoms with Crippen molar-refractivity contribution in [3.05, 3.63) is 52.3 Å². The van der Waals surface area contributed by atoms with E-state index in [1.807, 2.05) is 25.1 Å². The number of rotatable bonds is 3. The Morgan fingerprint density at radius 2 is 2.11 bits per heavy atom. The van der Waals surface area contributed by atoms with Crippen molar-refractivity contribution in [3.63, 3.8) is 0 Å². The summed E-state index contributed by atoms with van der Waals surface area (Å²) in [4.78, 5) is 16.1. The van der Waals surface area contributed by atoms with E-state index in [-0.39, 0.29) is 5.91 Å². The van der Waals surface area contributed by atoms with Gasteiger partial charge in [-0.15, -0.1) is 0 Å². The highest BCUT2D eigenvalue weighted by molar-refractivity contribution is 9.10. The topological polar surface area (TPSA) is 80.0 Å². The number of aromatic nitrogens is 1. The molecule has 0 spiro atoms. The standard InChI is InChI=1S/C13H13BrN4O/c1-8-3-2-4-10(12(8)14)17-13(19)11-6-5-9(18-15)7-16-11/h2-7,18H,15H2,1H3,(H,17,19). The van der Waals surface area contributed by atoms with E-state index in [1.54, 1.807) is 12.1 Å². The number of benzene rings is 1. The Kier molecular flexibility index (Phi) is 4.13. The minimum atomic E-state index is -0.269. The molecule has 0 aliphatic rings. The molecule has 0 aliphatic heterocycles. The van der Waals surface area contributed by atoms with E-state index < -0.39 is 0 Å². The third kappa shape index (κ3) is 3.10. The summed E-state index contributed by atoms with van der Waals surface area (Å²) >= 11 is 3.44. The minimum Gasteiger partial charge on any atom is -0.323 e. The van der Waals surface area contributed by atoms with E-state index in [1.165, 1.54) is 6.20 Å². The summed E-state index contributed by atoms with van der Waals surface area (Å²) in [7, 11) is 0. The Balaban J connectivity index is 2.18. The lowest BCUT2D eigenvalue weighted by atomic mass is 10.2. The normalized spacial score (nSPS) is 10.1. The molecule has 0 bridgehead atoms. The van der Waals surface area contributed by atoms with Crippen LogP contribution in [0.4, 0.5) is 11.4 Å². The van der Waals surface area contributed by atoms with Crippen LogP contribution in [-0.4, -0.2) is 10.9 Å². The number of anilines is 2. The zero-order chi connectivity index (χ0) is 13.8. The maximum absolute atomic E-state index is 12.0. The quantitative estimate of drug-likeness (QED) is 0.600. The molecule has 2 aromatic rings. The highest BCUT2D eigenvalue weighted by atomic mass is 79.9. The lowest BCUT2D eigenvalue weighted by molar-refractivity contribution is 0.102. The monoisotopic (exact) mass is 320 g/mol. The summed E-state index contributed by atoms with van der Waals surface area (Å²) < 4.78 is 0.864. The Hall–Kier alpha value is -1.92. The number of pyridine rings is 1. The molecule has 4 N–H and O–H groups in total. The first-order valence-electron chi connectivity index (χ1n) is 5.61. The number of nitrogens with zero attached hydrogens (tertiary/aromatic N) is 1. The van der Waals surface area contributed by atoms with E-state index in [2.05, 4.69) is 31.7 Å². The smallest absolute Gasteiger partial charge is 0.274 e. The molecule has 0 saturated carbocycles. The van der Waals surface area contributed by atoms with Gasteiger partial charge in [-0.25, -0.2) is 4.98 Å². The predicted molar refractivity (Wildman–Crippen MR) is 78.9 cm³/mol. The van der Waals surface area contributed by atoms with Crippen molar-refractivity contribution in [2.45, 2.75) is 6.92 Å². The van der Waals surface area contributed by atoms with E-state index in [0.29, 0.717) is 17.1 Å². The number of nitrogens with one attached hydrogen (secondary N) is 2. The van der Waals surface area contributed by atoms with Crippen molar-refractivity contribution in [2.75, 3.05) is 10.7 Å². The van der Waals surface area contributed by atoms with Gasteiger partial charge in [-0.2, -0.15) is 0 Å². The third-order valence-corrected chi connectivity index (χ3v) is 3.66. The van der Waals surface area contributed by atoms with Crippen LogP contribution >= 0.6 is 15.9 Å². The van der Waals surface area contributed by atoms with Gasteiger partial charge in [-0.3, -0.25) is 10.6 Å². The highest BCUT2D eigenvalue weighted by Crippen LogP contribution is 2.26. The maximum atomic E-state index is 12.0. The fraction of sp³-hybridized carbons (Fsp3) is 0.0769. The second-order valence-corrected chi connectivity index (χ2v) is 4.76. The molecule has 5 nitrogen and oxygen atoms in total. The molecule has 19 heavy (non-hydrogen) atoms. The van der Waals surface area contributed by atoms with Gasteiger partial charge in [0, 0.05) is 4.47 Å². The van der Waals surface area contributed by atoms with Crippen molar-refractivity contribution < 1.29 is 4.79 Å². The number of hydrogen-bond acceptors (Lipinski definition) is 4. The van der Waals surface area contributed by atoms with Crippen LogP contribution in [0.5, 0.6) is 0 Å². The van der Waals surface area contributed by atoms with Crippen LogP contribution in [0, 0.1) is 6.92 Å². The highest BCUT2D eigenvalue weighted by Gasteiger charge is 2.10. The molecule has 2 rings (SSSR count). The molecule has 1 amide bonds. The first kappa shape index (κ1) is 13.5. The zero-order valence-electron chi connectivity index (χ0n) is 10.3. The molecule has 0 atom stereocenters. The fourth-order valence-electron chi connectivity index (χ4n) is 1.54. The Morgan fingerprint density at radius 3 is 2.74 bits per heavy atom. The van der Waals surface area contributed by atoms with Crippen LogP contribution in [-0.2, 0) is 0 Å². The molecule has 0 saturated heterocycles. The molecule has 6 heteroatoms. The molecular weight excluding hydrogens is 308 g/mol. The number of nitrogen functional groups attached to an aromatic ring is 1. The van der Waals surface area contributed by atoms with E-state index in [0.717, 1.165) is 10.0 Å². The van der Waals surface area contributed by atoms with Crippen LogP contribution in [0.1, 0.15) is 16.1 Å².